The fourth-order valence-corrected chi connectivity index (χ4v) is 2.37. The van der Waals surface area contributed by atoms with Crippen molar-refractivity contribution in [2.24, 2.45) is 0 Å². The van der Waals surface area contributed by atoms with Crippen LogP contribution in [0.4, 0.5) is 0 Å². The van der Waals surface area contributed by atoms with E-state index in [-0.39, 0.29) is 5.69 Å². The molecule has 0 radical (unpaired) electrons. The summed E-state index contributed by atoms with van der Waals surface area (Å²) < 4.78 is 6.88. The van der Waals surface area contributed by atoms with Crippen LogP contribution in [0.5, 0.6) is 5.75 Å². The summed E-state index contributed by atoms with van der Waals surface area (Å²) in [6.45, 7) is 2.93. The minimum absolute atomic E-state index is 0.109. The average Bonchev–Trinajstić information content (AvgIpc) is 3.16. The molecule has 3 aromatic rings. The first kappa shape index (κ1) is 18.1. The fourth-order valence-electron chi connectivity index (χ4n) is 2.37. The summed E-state index contributed by atoms with van der Waals surface area (Å²) in [5, 5.41) is 7.75. The van der Waals surface area contributed by atoms with Gasteiger partial charge in [0.25, 0.3) is 11.8 Å². The zero-order valence-electron chi connectivity index (χ0n) is 14.8. The van der Waals surface area contributed by atoms with Gasteiger partial charge in [0, 0.05) is 5.56 Å². The molecule has 0 atom stereocenters. The standard InChI is InChI=1S/C19H19N5O3/c1-2-27-16-10-8-15(9-11-16)18(25)21-22-19(26)17-13-24(23-20-17)12-14-6-4-3-5-7-14/h3-11,13H,2,12H2,1H3,(H,21,25)(H,22,26). The highest BCUT2D eigenvalue weighted by Crippen LogP contribution is 2.11. The van der Waals surface area contributed by atoms with E-state index in [2.05, 4.69) is 21.2 Å². The van der Waals surface area contributed by atoms with Crippen molar-refractivity contribution in [1.82, 2.24) is 25.8 Å². The number of nitrogens with zero attached hydrogens (tertiary/aromatic N) is 3. The molecule has 1 heterocycles. The number of nitrogens with one attached hydrogen (secondary N) is 2. The molecule has 8 nitrogen and oxygen atoms in total. The van der Waals surface area contributed by atoms with E-state index in [1.165, 1.54) is 6.20 Å². The Morgan fingerprint density at radius 1 is 1.00 bits per heavy atom. The van der Waals surface area contributed by atoms with Gasteiger partial charge in [-0.3, -0.25) is 20.4 Å². The van der Waals surface area contributed by atoms with Crippen LogP contribution in [-0.2, 0) is 6.54 Å². The second-order valence-electron chi connectivity index (χ2n) is 5.65. The molecule has 2 N–H and O–H groups in total. The van der Waals surface area contributed by atoms with Crippen molar-refractivity contribution >= 4 is 11.8 Å². The Balaban J connectivity index is 1.53. The number of ether oxygens (including phenoxy) is 1. The van der Waals surface area contributed by atoms with E-state index in [0.29, 0.717) is 24.5 Å². The summed E-state index contributed by atoms with van der Waals surface area (Å²) in [4.78, 5) is 24.2. The predicted octanol–water partition coefficient (Wildman–Crippen LogP) is 1.80. The van der Waals surface area contributed by atoms with Crippen molar-refractivity contribution in [2.45, 2.75) is 13.5 Å². The Hall–Kier alpha value is -3.68. The molecule has 0 bridgehead atoms. The molecule has 27 heavy (non-hydrogen) atoms. The molecule has 8 heteroatoms. The van der Waals surface area contributed by atoms with E-state index in [9.17, 15) is 9.59 Å². The first-order valence-electron chi connectivity index (χ1n) is 8.43. The van der Waals surface area contributed by atoms with Gasteiger partial charge in [0.2, 0.25) is 0 Å². The van der Waals surface area contributed by atoms with E-state index in [1.807, 2.05) is 37.3 Å². The Kier molecular flexibility index (Phi) is 5.78. The lowest BCUT2D eigenvalue weighted by Crippen LogP contribution is -2.41. The number of benzene rings is 2. The van der Waals surface area contributed by atoms with Crippen LogP contribution < -0.4 is 15.6 Å². The van der Waals surface area contributed by atoms with Gasteiger partial charge in [-0.25, -0.2) is 4.68 Å². The van der Waals surface area contributed by atoms with Crippen LogP contribution in [0.3, 0.4) is 0 Å². The smallest absolute Gasteiger partial charge is 0.291 e. The maximum absolute atomic E-state index is 12.1. The first-order chi connectivity index (χ1) is 13.2. The van der Waals surface area contributed by atoms with Crippen LogP contribution >= 0.6 is 0 Å². The number of rotatable bonds is 6. The third-order valence-electron chi connectivity index (χ3n) is 3.68. The van der Waals surface area contributed by atoms with E-state index in [4.69, 9.17) is 4.74 Å². The van der Waals surface area contributed by atoms with Gasteiger partial charge < -0.3 is 4.74 Å². The number of hydrogen-bond acceptors (Lipinski definition) is 5. The van der Waals surface area contributed by atoms with Gasteiger partial charge in [0.05, 0.1) is 19.3 Å². The van der Waals surface area contributed by atoms with Crippen molar-refractivity contribution in [1.29, 1.82) is 0 Å². The van der Waals surface area contributed by atoms with E-state index >= 15 is 0 Å². The number of hydrogen-bond donors (Lipinski definition) is 2. The monoisotopic (exact) mass is 365 g/mol. The van der Waals surface area contributed by atoms with Crippen LogP contribution in [0.15, 0.2) is 60.8 Å². The molecule has 0 unspecified atom stereocenters. The maximum Gasteiger partial charge on any atom is 0.291 e. The molecule has 138 valence electrons. The molecule has 0 saturated carbocycles. The van der Waals surface area contributed by atoms with Crippen molar-refractivity contribution in [3.8, 4) is 5.75 Å². The molecule has 0 spiro atoms. The second-order valence-corrected chi connectivity index (χ2v) is 5.65. The number of carbonyl (C=O) groups is 2. The third kappa shape index (κ3) is 4.91. The van der Waals surface area contributed by atoms with E-state index in [1.54, 1.807) is 28.9 Å². The highest BCUT2D eigenvalue weighted by atomic mass is 16.5. The average molecular weight is 365 g/mol. The van der Waals surface area contributed by atoms with Gasteiger partial charge in [-0.2, -0.15) is 0 Å². The van der Waals surface area contributed by atoms with E-state index < -0.39 is 11.8 Å². The van der Waals surface area contributed by atoms with Gasteiger partial charge in [-0.15, -0.1) is 5.10 Å². The highest BCUT2D eigenvalue weighted by molar-refractivity contribution is 5.98. The molecular formula is C19H19N5O3. The van der Waals surface area contributed by atoms with Crippen molar-refractivity contribution < 1.29 is 14.3 Å². The van der Waals surface area contributed by atoms with Crippen LogP contribution in [-0.4, -0.2) is 33.4 Å². The van der Waals surface area contributed by atoms with Crippen molar-refractivity contribution in [3.63, 3.8) is 0 Å². The van der Waals surface area contributed by atoms with Crippen molar-refractivity contribution in [2.75, 3.05) is 6.61 Å². The van der Waals surface area contributed by atoms with Crippen LogP contribution in [0, 0.1) is 0 Å². The van der Waals surface area contributed by atoms with Gasteiger partial charge in [-0.05, 0) is 36.8 Å². The van der Waals surface area contributed by atoms with Crippen molar-refractivity contribution in [3.05, 3.63) is 77.6 Å². The molecule has 2 amide bonds. The largest absolute Gasteiger partial charge is 0.494 e. The summed E-state index contributed by atoms with van der Waals surface area (Å²) in [5.41, 5.74) is 6.22. The van der Waals surface area contributed by atoms with Gasteiger partial charge in [-0.1, -0.05) is 35.5 Å². The van der Waals surface area contributed by atoms with Gasteiger partial charge in [0.15, 0.2) is 5.69 Å². The fraction of sp³-hybridized carbons (Fsp3) is 0.158. The highest BCUT2D eigenvalue weighted by Gasteiger charge is 2.13. The summed E-state index contributed by atoms with van der Waals surface area (Å²) >= 11 is 0. The summed E-state index contributed by atoms with van der Waals surface area (Å²) in [6, 6.07) is 16.3. The summed E-state index contributed by atoms with van der Waals surface area (Å²) in [6.07, 6.45) is 1.52. The van der Waals surface area contributed by atoms with Crippen LogP contribution in [0.25, 0.3) is 0 Å². The number of amides is 2. The zero-order valence-corrected chi connectivity index (χ0v) is 14.8. The summed E-state index contributed by atoms with van der Waals surface area (Å²) in [5.74, 6) is -0.315. The quantitative estimate of drug-likeness (QED) is 0.649. The molecule has 1 aromatic heterocycles. The predicted molar refractivity (Wildman–Crippen MR) is 98.1 cm³/mol. The molecule has 0 aliphatic carbocycles. The Bertz CT molecular complexity index is 907. The molecular weight excluding hydrogens is 346 g/mol. The minimum atomic E-state index is -0.548. The lowest BCUT2D eigenvalue weighted by molar-refractivity contribution is 0.0844. The zero-order chi connectivity index (χ0) is 19.1. The van der Waals surface area contributed by atoms with E-state index in [0.717, 1.165) is 5.56 Å². The Morgan fingerprint density at radius 3 is 2.41 bits per heavy atom. The molecule has 0 aliphatic rings. The third-order valence-corrected chi connectivity index (χ3v) is 3.68. The topological polar surface area (TPSA) is 98.1 Å². The Morgan fingerprint density at radius 2 is 1.70 bits per heavy atom. The van der Waals surface area contributed by atoms with Gasteiger partial charge >= 0.3 is 0 Å². The molecule has 3 rings (SSSR count). The lowest BCUT2D eigenvalue weighted by Gasteiger charge is -2.07. The lowest BCUT2D eigenvalue weighted by atomic mass is 10.2. The first-order valence-corrected chi connectivity index (χ1v) is 8.43. The number of hydrazine groups is 1. The molecule has 0 fully saturated rings. The maximum atomic E-state index is 12.1. The summed E-state index contributed by atoms with van der Waals surface area (Å²) in [7, 11) is 0. The number of aromatic nitrogens is 3. The SMILES string of the molecule is CCOc1ccc(C(=O)NNC(=O)c2cn(Cc3ccccc3)nn2)cc1. The second kappa shape index (κ2) is 8.61. The van der Waals surface area contributed by atoms with Crippen LogP contribution in [0.2, 0.25) is 0 Å². The Labute approximate surface area is 156 Å². The minimum Gasteiger partial charge on any atom is -0.494 e. The molecule has 0 aliphatic heterocycles. The van der Waals surface area contributed by atoms with Gasteiger partial charge in [0.1, 0.15) is 5.75 Å². The normalized spacial score (nSPS) is 10.3. The number of carbonyl (C=O) groups excluding carboxylic acids is 2. The molecule has 2 aromatic carbocycles. The molecule has 0 saturated heterocycles. The van der Waals surface area contributed by atoms with Crippen LogP contribution in [0.1, 0.15) is 33.3 Å².